The Labute approximate surface area is 105 Å². The number of aryl methyl sites for hydroxylation is 1. The fourth-order valence-corrected chi connectivity index (χ4v) is 2.49. The molecular weight excluding hydrogens is 228 g/mol. The van der Waals surface area contributed by atoms with Crippen molar-refractivity contribution in [3.8, 4) is 0 Å². The number of rotatable bonds is 2. The number of carbonyl (C=O) groups excluding carboxylic acids is 1. The molecule has 1 fully saturated rings. The van der Waals surface area contributed by atoms with E-state index in [4.69, 9.17) is 4.74 Å². The lowest BCUT2D eigenvalue weighted by Crippen LogP contribution is -2.43. The first-order valence-electron chi connectivity index (χ1n) is 6.21. The molecule has 1 atom stereocenters. The van der Waals surface area contributed by atoms with Gasteiger partial charge in [0, 0.05) is 35.2 Å². The number of fused-ring (bicyclic) bond motifs is 1. The zero-order valence-corrected chi connectivity index (χ0v) is 10.3. The lowest BCUT2D eigenvalue weighted by molar-refractivity contribution is 0.0270. The summed E-state index contributed by atoms with van der Waals surface area (Å²) in [4.78, 5) is 15.8. The van der Waals surface area contributed by atoms with Crippen LogP contribution >= 0.6 is 0 Å². The molecule has 0 radical (unpaired) electrons. The van der Waals surface area contributed by atoms with Crippen molar-refractivity contribution in [2.45, 2.75) is 13.0 Å². The molecule has 4 heteroatoms. The summed E-state index contributed by atoms with van der Waals surface area (Å²) in [5, 5.41) is 4.17. The topological polar surface area (TPSA) is 54.1 Å². The minimum atomic E-state index is -0.364. The average Bonchev–Trinajstić information content (AvgIpc) is 2.75. The lowest BCUT2D eigenvalue weighted by Gasteiger charge is -2.22. The minimum Gasteiger partial charge on any atom is -0.367 e. The van der Waals surface area contributed by atoms with E-state index in [1.807, 2.05) is 31.2 Å². The molecule has 2 aromatic rings. The highest BCUT2D eigenvalue weighted by Gasteiger charge is 2.26. The van der Waals surface area contributed by atoms with E-state index in [-0.39, 0.29) is 11.9 Å². The molecule has 4 nitrogen and oxygen atoms in total. The third-order valence-corrected chi connectivity index (χ3v) is 3.36. The number of hydrogen-bond acceptors (Lipinski definition) is 3. The number of aromatic amines is 1. The predicted octanol–water partition coefficient (Wildman–Crippen LogP) is 1.65. The molecule has 2 N–H and O–H groups in total. The molecule has 1 aromatic carbocycles. The van der Waals surface area contributed by atoms with E-state index < -0.39 is 0 Å². The van der Waals surface area contributed by atoms with Crippen molar-refractivity contribution in [3.63, 3.8) is 0 Å². The highest BCUT2D eigenvalue weighted by atomic mass is 16.5. The molecule has 1 aliphatic heterocycles. The van der Waals surface area contributed by atoms with Crippen LogP contribution in [0.2, 0.25) is 0 Å². The summed E-state index contributed by atoms with van der Waals surface area (Å²) in [6.07, 6.45) is -0.364. The van der Waals surface area contributed by atoms with Crippen molar-refractivity contribution in [2.75, 3.05) is 19.7 Å². The van der Waals surface area contributed by atoms with Crippen LogP contribution in [-0.2, 0) is 4.74 Å². The maximum atomic E-state index is 12.5. The molecule has 3 rings (SSSR count). The Morgan fingerprint density at radius 3 is 3.00 bits per heavy atom. The molecule has 0 spiro atoms. The lowest BCUT2D eigenvalue weighted by atomic mass is 10.0. The van der Waals surface area contributed by atoms with Crippen LogP contribution in [-0.4, -0.2) is 36.6 Å². The summed E-state index contributed by atoms with van der Waals surface area (Å²) in [5.41, 5.74) is 2.68. The summed E-state index contributed by atoms with van der Waals surface area (Å²) in [6.45, 7) is 3.94. The Morgan fingerprint density at radius 1 is 1.39 bits per heavy atom. The number of morpholine rings is 1. The minimum absolute atomic E-state index is 0.0668. The van der Waals surface area contributed by atoms with E-state index in [1.54, 1.807) is 0 Å². The normalized spacial score (nSPS) is 20.2. The van der Waals surface area contributed by atoms with Gasteiger partial charge in [0.15, 0.2) is 5.78 Å². The van der Waals surface area contributed by atoms with Gasteiger partial charge in [-0.3, -0.25) is 4.79 Å². The van der Waals surface area contributed by atoms with Crippen LogP contribution in [0.3, 0.4) is 0 Å². The van der Waals surface area contributed by atoms with Crippen molar-refractivity contribution in [1.29, 1.82) is 0 Å². The smallest absolute Gasteiger partial charge is 0.195 e. The molecule has 2 heterocycles. The number of ketones is 1. The van der Waals surface area contributed by atoms with Crippen molar-refractivity contribution >= 4 is 16.7 Å². The SMILES string of the molecule is Cc1[nH]c2ccccc2c1C(=O)C1CNCCO1. The number of ether oxygens (including phenoxy) is 1. The molecule has 0 saturated carbocycles. The fraction of sp³-hybridized carbons (Fsp3) is 0.357. The van der Waals surface area contributed by atoms with Crippen LogP contribution in [0.15, 0.2) is 24.3 Å². The van der Waals surface area contributed by atoms with E-state index in [9.17, 15) is 4.79 Å². The third kappa shape index (κ3) is 1.83. The van der Waals surface area contributed by atoms with Gasteiger partial charge in [-0.2, -0.15) is 0 Å². The number of carbonyl (C=O) groups is 1. The summed E-state index contributed by atoms with van der Waals surface area (Å²) in [7, 11) is 0. The van der Waals surface area contributed by atoms with Gasteiger partial charge in [-0.25, -0.2) is 0 Å². The molecule has 0 aliphatic carbocycles. The van der Waals surface area contributed by atoms with Gasteiger partial charge in [0.2, 0.25) is 0 Å². The molecule has 18 heavy (non-hydrogen) atoms. The zero-order valence-electron chi connectivity index (χ0n) is 10.3. The van der Waals surface area contributed by atoms with Crippen molar-refractivity contribution < 1.29 is 9.53 Å². The average molecular weight is 244 g/mol. The highest BCUT2D eigenvalue weighted by Crippen LogP contribution is 2.24. The molecule has 94 valence electrons. The number of nitrogens with one attached hydrogen (secondary N) is 2. The van der Waals surface area contributed by atoms with Crippen LogP contribution in [0.4, 0.5) is 0 Å². The van der Waals surface area contributed by atoms with Gasteiger partial charge >= 0.3 is 0 Å². The molecule has 1 saturated heterocycles. The molecule has 1 aromatic heterocycles. The molecule has 1 unspecified atom stereocenters. The van der Waals surface area contributed by atoms with Crippen molar-refractivity contribution in [3.05, 3.63) is 35.5 Å². The van der Waals surface area contributed by atoms with Gasteiger partial charge in [0.25, 0.3) is 0 Å². The molecule has 1 aliphatic rings. The quantitative estimate of drug-likeness (QED) is 0.790. The van der Waals surface area contributed by atoms with Gasteiger partial charge in [-0.15, -0.1) is 0 Å². The monoisotopic (exact) mass is 244 g/mol. The van der Waals surface area contributed by atoms with Crippen LogP contribution in [0.25, 0.3) is 10.9 Å². The Kier molecular flexibility index (Phi) is 2.89. The van der Waals surface area contributed by atoms with Gasteiger partial charge in [0.05, 0.1) is 6.61 Å². The first-order chi connectivity index (χ1) is 8.77. The van der Waals surface area contributed by atoms with Gasteiger partial charge in [0.1, 0.15) is 6.10 Å². The first kappa shape index (κ1) is 11.4. The Bertz CT molecular complexity index is 582. The number of H-pyrrole nitrogens is 1. The van der Waals surface area contributed by atoms with Crippen LogP contribution in [0.5, 0.6) is 0 Å². The summed E-state index contributed by atoms with van der Waals surface area (Å²) in [6, 6.07) is 7.87. The van der Waals surface area contributed by atoms with Crippen LogP contribution < -0.4 is 5.32 Å². The third-order valence-electron chi connectivity index (χ3n) is 3.36. The van der Waals surface area contributed by atoms with E-state index in [1.165, 1.54) is 0 Å². The number of aromatic nitrogens is 1. The van der Waals surface area contributed by atoms with E-state index in [0.29, 0.717) is 13.2 Å². The number of benzene rings is 1. The zero-order chi connectivity index (χ0) is 12.5. The molecule has 0 amide bonds. The highest BCUT2D eigenvalue weighted by molar-refractivity contribution is 6.11. The first-order valence-corrected chi connectivity index (χ1v) is 6.21. The maximum absolute atomic E-state index is 12.5. The van der Waals surface area contributed by atoms with Gasteiger partial charge in [-0.1, -0.05) is 18.2 Å². The summed E-state index contributed by atoms with van der Waals surface area (Å²) >= 11 is 0. The van der Waals surface area contributed by atoms with E-state index in [2.05, 4.69) is 10.3 Å². The second kappa shape index (κ2) is 4.55. The van der Waals surface area contributed by atoms with Gasteiger partial charge in [-0.05, 0) is 13.0 Å². The van der Waals surface area contributed by atoms with Crippen molar-refractivity contribution in [2.24, 2.45) is 0 Å². The predicted molar refractivity (Wildman–Crippen MR) is 70.0 cm³/mol. The second-order valence-corrected chi connectivity index (χ2v) is 4.60. The standard InChI is InChI=1S/C14H16N2O2/c1-9-13(10-4-2-3-5-11(10)16-9)14(17)12-8-15-6-7-18-12/h2-5,12,15-16H,6-8H2,1H3. The van der Waals surface area contributed by atoms with E-state index >= 15 is 0 Å². The van der Waals surface area contributed by atoms with Crippen LogP contribution in [0, 0.1) is 6.92 Å². The van der Waals surface area contributed by atoms with Gasteiger partial charge < -0.3 is 15.0 Å². The Morgan fingerprint density at radius 2 is 2.22 bits per heavy atom. The Balaban J connectivity index is 2.02. The van der Waals surface area contributed by atoms with E-state index in [0.717, 1.165) is 28.7 Å². The number of para-hydroxylation sites is 1. The largest absolute Gasteiger partial charge is 0.367 e. The second-order valence-electron chi connectivity index (χ2n) is 4.60. The Hall–Kier alpha value is -1.65. The summed E-state index contributed by atoms with van der Waals surface area (Å²) in [5.74, 6) is 0.0668. The molecule has 0 bridgehead atoms. The fourth-order valence-electron chi connectivity index (χ4n) is 2.49. The molecular formula is C14H16N2O2. The van der Waals surface area contributed by atoms with Crippen LogP contribution in [0.1, 0.15) is 16.1 Å². The maximum Gasteiger partial charge on any atom is 0.195 e. The number of Topliss-reactive ketones (excluding diaryl/α,β-unsaturated/α-hetero) is 1. The van der Waals surface area contributed by atoms with Crippen molar-refractivity contribution in [1.82, 2.24) is 10.3 Å². The summed E-state index contributed by atoms with van der Waals surface area (Å²) < 4.78 is 5.54. The number of hydrogen-bond donors (Lipinski definition) is 2.